The van der Waals surface area contributed by atoms with E-state index in [1.807, 2.05) is 0 Å². The van der Waals surface area contributed by atoms with E-state index in [9.17, 15) is 19.2 Å². The van der Waals surface area contributed by atoms with Crippen LogP contribution >= 0.6 is 23.2 Å². The molecule has 0 radical (unpaired) electrons. The summed E-state index contributed by atoms with van der Waals surface area (Å²) in [4.78, 5) is 55.5. The van der Waals surface area contributed by atoms with E-state index in [1.54, 1.807) is 17.0 Å². The zero-order valence-corrected chi connectivity index (χ0v) is 19.1. The third-order valence-corrected chi connectivity index (χ3v) is 7.56. The summed E-state index contributed by atoms with van der Waals surface area (Å²) < 4.78 is 0. The molecule has 2 saturated heterocycles. The van der Waals surface area contributed by atoms with Gasteiger partial charge in [0, 0.05) is 25.0 Å². The Morgan fingerprint density at radius 2 is 1.69 bits per heavy atom. The molecule has 8 nitrogen and oxygen atoms in total. The Morgan fingerprint density at radius 3 is 2.34 bits per heavy atom. The molecule has 0 spiro atoms. The number of urea groups is 1. The molecular weight excluding hydrogens is 455 g/mol. The average molecular weight is 481 g/mol. The van der Waals surface area contributed by atoms with Crippen LogP contribution in [0.3, 0.4) is 0 Å². The maximum atomic E-state index is 13.5. The van der Waals surface area contributed by atoms with Crippen LogP contribution in [-0.2, 0) is 14.4 Å². The fourth-order valence-corrected chi connectivity index (χ4v) is 5.30. The van der Waals surface area contributed by atoms with E-state index in [0.29, 0.717) is 49.5 Å². The highest BCUT2D eigenvalue weighted by atomic mass is 35.5. The van der Waals surface area contributed by atoms with Crippen LogP contribution in [-0.4, -0.2) is 59.2 Å². The number of fused-ring (bicyclic) bond motifs is 1. The predicted octanol–water partition coefficient (Wildman–Crippen LogP) is 3.04. The number of nitrogens with zero attached hydrogens (tertiary/aromatic N) is 3. The Labute approximate surface area is 196 Å². The van der Waals surface area contributed by atoms with Crippen molar-refractivity contribution >= 4 is 52.6 Å². The van der Waals surface area contributed by atoms with Crippen LogP contribution in [0.5, 0.6) is 0 Å². The summed E-state index contributed by atoms with van der Waals surface area (Å²) in [5.74, 6) is -1.37. The molecule has 5 amide bonds. The molecule has 3 fully saturated rings. The molecule has 2 aliphatic heterocycles. The number of primary amides is 1. The second kappa shape index (κ2) is 9.27. The number of hydrogen-bond acceptors (Lipinski definition) is 4. The van der Waals surface area contributed by atoms with Crippen LogP contribution in [0.2, 0.25) is 10.0 Å². The summed E-state index contributed by atoms with van der Waals surface area (Å²) in [6.45, 7) is 0.752. The Balaban J connectivity index is 1.56. The number of amides is 5. The molecule has 2 unspecified atom stereocenters. The fourth-order valence-electron chi connectivity index (χ4n) is 5.01. The highest BCUT2D eigenvalue weighted by molar-refractivity contribution is 6.42. The van der Waals surface area contributed by atoms with E-state index in [0.717, 1.165) is 17.7 Å². The lowest BCUT2D eigenvalue weighted by Gasteiger charge is -2.47. The van der Waals surface area contributed by atoms with Gasteiger partial charge in [-0.15, -0.1) is 0 Å². The molecule has 1 aromatic carbocycles. The van der Waals surface area contributed by atoms with Gasteiger partial charge in [0.25, 0.3) is 0 Å². The normalized spacial score (nSPS) is 24.5. The number of carbonyl (C=O) groups excluding carboxylic acids is 4. The van der Waals surface area contributed by atoms with Crippen molar-refractivity contribution in [3.05, 3.63) is 28.2 Å². The molecule has 3 aliphatic rings. The van der Waals surface area contributed by atoms with Crippen LogP contribution in [0.1, 0.15) is 38.5 Å². The van der Waals surface area contributed by atoms with Crippen molar-refractivity contribution in [3.63, 3.8) is 0 Å². The minimum absolute atomic E-state index is 0.105. The Bertz CT molecular complexity index is 948. The Kier molecular flexibility index (Phi) is 6.62. The first-order valence-corrected chi connectivity index (χ1v) is 11.7. The van der Waals surface area contributed by atoms with Crippen LogP contribution in [0.15, 0.2) is 18.2 Å². The Morgan fingerprint density at radius 1 is 1.00 bits per heavy atom. The highest BCUT2D eigenvalue weighted by Crippen LogP contribution is 2.38. The zero-order valence-electron chi connectivity index (χ0n) is 17.6. The number of hydrogen-bond donors (Lipinski definition) is 1. The van der Waals surface area contributed by atoms with E-state index in [4.69, 9.17) is 28.9 Å². The van der Waals surface area contributed by atoms with Crippen LogP contribution in [0, 0.1) is 11.8 Å². The van der Waals surface area contributed by atoms with Crippen molar-refractivity contribution in [2.45, 2.75) is 44.6 Å². The molecule has 1 aliphatic carbocycles. The third kappa shape index (κ3) is 4.30. The van der Waals surface area contributed by atoms with Crippen LogP contribution in [0.25, 0.3) is 0 Å². The topological polar surface area (TPSA) is 104 Å². The van der Waals surface area contributed by atoms with Crippen molar-refractivity contribution in [3.8, 4) is 0 Å². The average Bonchev–Trinajstić information content (AvgIpc) is 2.79. The monoisotopic (exact) mass is 480 g/mol. The number of halogens is 2. The molecule has 0 bridgehead atoms. The van der Waals surface area contributed by atoms with Crippen molar-refractivity contribution in [1.29, 1.82) is 0 Å². The second-order valence-corrected chi connectivity index (χ2v) is 9.51. The van der Waals surface area contributed by atoms with Crippen molar-refractivity contribution < 1.29 is 19.2 Å². The molecule has 172 valence electrons. The fraction of sp³-hybridized carbons (Fsp3) is 0.545. The second-order valence-electron chi connectivity index (χ2n) is 8.70. The van der Waals surface area contributed by atoms with Crippen LogP contribution < -0.4 is 10.6 Å². The maximum Gasteiger partial charge on any atom is 0.332 e. The van der Waals surface area contributed by atoms with E-state index < -0.39 is 6.03 Å². The largest absolute Gasteiger partial charge is 0.369 e. The molecule has 2 atom stereocenters. The molecule has 4 rings (SSSR count). The van der Waals surface area contributed by atoms with E-state index in [2.05, 4.69) is 0 Å². The van der Waals surface area contributed by atoms with Crippen molar-refractivity contribution in [2.75, 3.05) is 24.5 Å². The summed E-state index contributed by atoms with van der Waals surface area (Å²) >= 11 is 12.1. The van der Waals surface area contributed by atoms with Gasteiger partial charge in [0.2, 0.25) is 17.7 Å². The van der Waals surface area contributed by atoms with Crippen LogP contribution in [0.4, 0.5) is 10.5 Å². The van der Waals surface area contributed by atoms with E-state index in [1.165, 1.54) is 11.0 Å². The lowest BCUT2D eigenvalue weighted by atomic mass is 9.81. The van der Waals surface area contributed by atoms with Crippen molar-refractivity contribution in [1.82, 2.24) is 9.80 Å². The van der Waals surface area contributed by atoms with Gasteiger partial charge in [-0.1, -0.05) is 36.0 Å². The first-order chi connectivity index (χ1) is 15.3. The van der Waals surface area contributed by atoms with Gasteiger partial charge in [0.1, 0.15) is 6.54 Å². The molecule has 1 saturated carbocycles. The molecular formula is C22H26Cl2N4O4. The third-order valence-electron chi connectivity index (χ3n) is 6.82. The first-order valence-electron chi connectivity index (χ1n) is 10.9. The van der Waals surface area contributed by atoms with Gasteiger partial charge < -0.3 is 15.5 Å². The number of piperidine rings is 1. The van der Waals surface area contributed by atoms with Gasteiger partial charge in [-0.25, -0.2) is 9.69 Å². The quantitative estimate of drug-likeness (QED) is 0.714. The van der Waals surface area contributed by atoms with Gasteiger partial charge >= 0.3 is 6.03 Å². The van der Waals surface area contributed by atoms with Gasteiger partial charge in [-0.05, 0) is 43.9 Å². The number of imide groups is 1. The molecule has 1 aromatic rings. The number of anilines is 1. The summed E-state index contributed by atoms with van der Waals surface area (Å²) in [5, 5.41) is 0.574. The minimum atomic E-state index is -0.517. The number of likely N-dealkylation sites (tertiary alicyclic amines) is 1. The van der Waals surface area contributed by atoms with Gasteiger partial charge in [-0.2, -0.15) is 0 Å². The van der Waals surface area contributed by atoms with Crippen molar-refractivity contribution in [2.24, 2.45) is 17.6 Å². The summed E-state index contributed by atoms with van der Waals surface area (Å²) in [6.07, 6.45) is 4.21. The van der Waals surface area contributed by atoms with E-state index >= 15 is 0 Å². The van der Waals surface area contributed by atoms with Gasteiger partial charge in [0.15, 0.2) is 0 Å². The lowest BCUT2D eigenvalue weighted by Crippen LogP contribution is -2.64. The number of nitrogens with two attached hydrogens (primary N) is 1. The predicted molar refractivity (Wildman–Crippen MR) is 120 cm³/mol. The molecule has 2 heterocycles. The smallest absolute Gasteiger partial charge is 0.332 e. The molecule has 32 heavy (non-hydrogen) atoms. The number of benzene rings is 1. The lowest BCUT2D eigenvalue weighted by molar-refractivity contribution is -0.137. The zero-order chi connectivity index (χ0) is 23.0. The summed E-state index contributed by atoms with van der Waals surface area (Å²) in [6, 6.07) is 3.82. The van der Waals surface area contributed by atoms with Gasteiger partial charge in [-0.3, -0.25) is 14.4 Å². The maximum absolute atomic E-state index is 13.5. The highest BCUT2D eigenvalue weighted by Gasteiger charge is 2.48. The number of rotatable bonds is 4. The molecule has 2 N–H and O–H groups in total. The SMILES string of the molecule is NC(=O)C1CCN(C(=O)CN2C(=O)N(c3ccc(Cl)c(Cl)c3)C(=O)C3CCCCC32)CC1. The summed E-state index contributed by atoms with van der Waals surface area (Å²) in [7, 11) is 0. The molecule has 10 heteroatoms. The standard InChI is InChI=1S/C22H26Cl2N4O4/c23-16-6-5-14(11-17(16)24)28-21(31)15-3-1-2-4-18(15)27(22(28)32)12-19(29)26-9-7-13(8-10-26)20(25)30/h5-6,11,13,15,18H,1-4,7-10,12H2,(H2,25,30). The Hall–Kier alpha value is -2.32. The summed E-state index contributed by atoms with van der Waals surface area (Å²) in [5.41, 5.74) is 5.73. The van der Waals surface area contributed by atoms with Gasteiger partial charge in [0.05, 0.1) is 21.7 Å². The molecule has 0 aromatic heterocycles. The number of carbonyl (C=O) groups is 4. The van der Waals surface area contributed by atoms with E-state index in [-0.39, 0.29) is 47.2 Å². The first kappa shape index (κ1) is 22.9. The minimum Gasteiger partial charge on any atom is -0.369 e.